The third-order valence-corrected chi connectivity index (χ3v) is 4.89. The fraction of sp³-hybridized carbons (Fsp3) is 0.529. The van der Waals surface area contributed by atoms with E-state index in [1.54, 1.807) is 23.1 Å². The molecule has 0 radical (unpaired) electrons. The summed E-state index contributed by atoms with van der Waals surface area (Å²) in [6, 6.07) is 6.67. The number of hydrogen-bond acceptors (Lipinski definition) is 4. The highest BCUT2D eigenvalue weighted by molar-refractivity contribution is 7.92. The van der Waals surface area contributed by atoms with Crippen LogP contribution in [0.1, 0.15) is 38.3 Å². The molecule has 1 aromatic rings. The van der Waals surface area contributed by atoms with E-state index in [9.17, 15) is 18.0 Å². The van der Waals surface area contributed by atoms with Gasteiger partial charge in [-0.05, 0) is 37.5 Å². The Morgan fingerprint density at radius 3 is 2.68 bits per heavy atom. The summed E-state index contributed by atoms with van der Waals surface area (Å²) in [5, 5.41) is 2.96. The number of carbonyl (C=O) groups is 2. The van der Waals surface area contributed by atoms with Gasteiger partial charge in [-0.15, -0.1) is 0 Å². The quantitative estimate of drug-likeness (QED) is 0.824. The van der Waals surface area contributed by atoms with Crippen LogP contribution in [0.3, 0.4) is 0 Å². The number of sulfonamides is 1. The third kappa shape index (κ3) is 5.74. The lowest BCUT2D eigenvalue weighted by Crippen LogP contribution is -2.45. The first-order valence-corrected chi connectivity index (χ1v) is 10.2. The first-order valence-electron chi connectivity index (χ1n) is 8.29. The van der Waals surface area contributed by atoms with Crippen LogP contribution in [-0.2, 0) is 19.6 Å². The van der Waals surface area contributed by atoms with Crippen LogP contribution >= 0.6 is 0 Å². The molecule has 7 nitrogen and oxygen atoms in total. The van der Waals surface area contributed by atoms with Crippen LogP contribution in [-0.4, -0.2) is 44.5 Å². The van der Waals surface area contributed by atoms with Crippen LogP contribution < -0.4 is 10.0 Å². The average Bonchev–Trinajstić information content (AvgIpc) is 2.53. The van der Waals surface area contributed by atoms with Gasteiger partial charge in [-0.3, -0.25) is 14.3 Å². The zero-order valence-corrected chi connectivity index (χ0v) is 15.6. The summed E-state index contributed by atoms with van der Waals surface area (Å²) in [5.41, 5.74) is 1.27. The van der Waals surface area contributed by atoms with Crippen molar-refractivity contribution in [3.05, 3.63) is 29.8 Å². The number of anilines is 1. The number of piperidine rings is 1. The first-order chi connectivity index (χ1) is 11.7. The molecular weight excluding hydrogens is 342 g/mol. The Bertz CT molecular complexity index is 748. The molecule has 0 aromatic heterocycles. The number of rotatable bonds is 5. The number of benzene rings is 1. The van der Waals surface area contributed by atoms with Gasteiger partial charge in [0.2, 0.25) is 21.8 Å². The molecule has 0 spiro atoms. The van der Waals surface area contributed by atoms with E-state index < -0.39 is 10.0 Å². The standard InChI is InChI=1S/C17H25N3O4S/c1-12(14-6-4-8-16(10-14)19-25(3,23)24)18-17(22)15-7-5-9-20(11-15)13(2)21/h4,6,8,10,12,15,19H,5,7,9,11H2,1-3H3,(H,18,22)/t12-,15-/m1/s1. The van der Waals surface area contributed by atoms with E-state index >= 15 is 0 Å². The van der Waals surface area contributed by atoms with Crippen molar-refractivity contribution in [3.63, 3.8) is 0 Å². The normalized spacial score (nSPS) is 19.2. The molecule has 0 unspecified atom stereocenters. The average molecular weight is 367 g/mol. The topological polar surface area (TPSA) is 95.6 Å². The Morgan fingerprint density at radius 1 is 1.32 bits per heavy atom. The molecule has 2 atom stereocenters. The fourth-order valence-corrected chi connectivity index (χ4v) is 3.53. The minimum absolute atomic E-state index is 0.00917. The summed E-state index contributed by atoms with van der Waals surface area (Å²) < 4.78 is 25.1. The highest BCUT2D eigenvalue weighted by atomic mass is 32.2. The molecule has 0 bridgehead atoms. The Kier molecular flexibility index (Phi) is 6.05. The van der Waals surface area contributed by atoms with Gasteiger partial charge in [-0.1, -0.05) is 12.1 Å². The van der Waals surface area contributed by atoms with Crippen molar-refractivity contribution in [2.24, 2.45) is 5.92 Å². The Hall–Kier alpha value is -2.09. The summed E-state index contributed by atoms with van der Waals surface area (Å²) in [4.78, 5) is 25.7. The van der Waals surface area contributed by atoms with Crippen molar-refractivity contribution in [1.82, 2.24) is 10.2 Å². The molecule has 2 N–H and O–H groups in total. The molecule has 138 valence electrons. The van der Waals surface area contributed by atoms with Crippen LogP contribution in [0.5, 0.6) is 0 Å². The maximum absolute atomic E-state index is 12.5. The number of nitrogens with one attached hydrogen (secondary N) is 2. The van der Waals surface area contributed by atoms with Crippen molar-refractivity contribution < 1.29 is 18.0 Å². The smallest absolute Gasteiger partial charge is 0.229 e. The zero-order valence-electron chi connectivity index (χ0n) is 14.8. The minimum atomic E-state index is -3.35. The van der Waals surface area contributed by atoms with Gasteiger partial charge in [-0.2, -0.15) is 0 Å². The summed E-state index contributed by atoms with van der Waals surface area (Å²) >= 11 is 0. The van der Waals surface area contributed by atoms with Crippen molar-refractivity contribution in [2.75, 3.05) is 24.1 Å². The Morgan fingerprint density at radius 2 is 2.04 bits per heavy atom. The number of carbonyl (C=O) groups excluding carboxylic acids is 2. The molecule has 1 saturated heterocycles. The first kappa shape index (κ1) is 19.2. The van der Waals surface area contributed by atoms with E-state index in [0.29, 0.717) is 18.8 Å². The van der Waals surface area contributed by atoms with E-state index in [1.165, 1.54) is 6.92 Å². The van der Waals surface area contributed by atoms with Crippen molar-refractivity contribution in [2.45, 2.75) is 32.7 Å². The van der Waals surface area contributed by atoms with E-state index in [0.717, 1.165) is 24.7 Å². The Balaban J connectivity index is 2.01. The van der Waals surface area contributed by atoms with Gasteiger partial charge < -0.3 is 10.2 Å². The monoisotopic (exact) mass is 367 g/mol. The number of nitrogens with zero attached hydrogens (tertiary/aromatic N) is 1. The van der Waals surface area contributed by atoms with Crippen LogP contribution in [0.4, 0.5) is 5.69 Å². The van der Waals surface area contributed by atoms with Gasteiger partial charge in [-0.25, -0.2) is 8.42 Å². The summed E-state index contributed by atoms with van der Waals surface area (Å²) in [7, 11) is -3.35. The Labute approximate surface area is 148 Å². The van der Waals surface area contributed by atoms with Crippen molar-refractivity contribution in [1.29, 1.82) is 0 Å². The van der Waals surface area contributed by atoms with Crippen molar-refractivity contribution >= 4 is 27.5 Å². The molecule has 1 fully saturated rings. The maximum atomic E-state index is 12.5. The second-order valence-electron chi connectivity index (χ2n) is 6.53. The van der Waals surface area contributed by atoms with Crippen LogP contribution in [0.2, 0.25) is 0 Å². The molecule has 1 aromatic carbocycles. The van der Waals surface area contributed by atoms with Gasteiger partial charge >= 0.3 is 0 Å². The summed E-state index contributed by atoms with van der Waals surface area (Å²) in [5.74, 6) is -0.303. The summed E-state index contributed by atoms with van der Waals surface area (Å²) in [6.45, 7) is 4.52. The number of hydrogen-bond donors (Lipinski definition) is 2. The molecule has 1 aliphatic rings. The molecular formula is C17H25N3O4S. The van der Waals surface area contributed by atoms with Gasteiger partial charge in [0.25, 0.3) is 0 Å². The van der Waals surface area contributed by atoms with Crippen LogP contribution in [0.25, 0.3) is 0 Å². The number of likely N-dealkylation sites (tertiary alicyclic amines) is 1. The van der Waals surface area contributed by atoms with Crippen molar-refractivity contribution in [3.8, 4) is 0 Å². The minimum Gasteiger partial charge on any atom is -0.349 e. The molecule has 8 heteroatoms. The van der Waals surface area contributed by atoms with Gasteiger partial charge in [0.15, 0.2) is 0 Å². The summed E-state index contributed by atoms with van der Waals surface area (Å²) in [6.07, 6.45) is 2.67. The largest absolute Gasteiger partial charge is 0.349 e. The zero-order chi connectivity index (χ0) is 18.6. The lowest BCUT2D eigenvalue weighted by atomic mass is 9.96. The SMILES string of the molecule is CC(=O)N1CCC[C@@H](C(=O)N[C@H](C)c2cccc(NS(C)(=O)=O)c2)C1. The fourth-order valence-electron chi connectivity index (χ4n) is 2.98. The maximum Gasteiger partial charge on any atom is 0.229 e. The highest BCUT2D eigenvalue weighted by Crippen LogP contribution is 2.21. The molecule has 0 aliphatic carbocycles. The number of amides is 2. The van der Waals surface area contributed by atoms with Gasteiger partial charge in [0, 0.05) is 25.7 Å². The molecule has 1 aliphatic heterocycles. The second-order valence-corrected chi connectivity index (χ2v) is 8.28. The third-order valence-electron chi connectivity index (χ3n) is 4.29. The molecule has 0 saturated carbocycles. The van der Waals surface area contributed by atoms with Crippen LogP contribution in [0.15, 0.2) is 24.3 Å². The van der Waals surface area contributed by atoms with E-state index in [1.807, 2.05) is 13.0 Å². The van der Waals surface area contributed by atoms with E-state index in [-0.39, 0.29) is 23.8 Å². The lowest BCUT2D eigenvalue weighted by Gasteiger charge is -2.32. The van der Waals surface area contributed by atoms with E-state index in [4.69, 9.17) is 0 Å². The van der Waals surface area contributed by atoms with Crippen LogP contribution in [0, 0.1) is 5.92 Å². The molecule has 25 heavy (non-hydrogen) atoms. The molecule has 2 amide bonds. The van der Waals surface area contributed by atoms with E-state index in [2.05, 4.69) is 10.0 Å². The van der Waals surface area contributed by atoms with Gasteiger partial charge in [0.1, 0.15) is 0 Å². The molecule has 2 rings (SSSR count). The highest BCUT2D eigenvalue weighted by Gasteiger charge is 2.27. The molecule has 1 heterocycles. The lowest BCUT2D eigenvalue weighted by molar-refractivity contribution is -0.134. The second kappa shape index (κ2) is 7.86. The predicted octanol–water partition coefficient (Wildman–Crippen LogP) is 1.49. The van der Waals surface area contributed by atoms with Gasteiger partial charge in [0.05, 0.1) is 18.2 Å². The predicted molar refractivity (Wildman–Crippen MR) is 96.4 cm³/mol.